The molecule has 1 aliphatic heterocycles. The molecule has 9 rings (SSSR count). The number of carbonyl (C=O) groups is 2. The number of benzene rings is 1. The fourth-order valence-electron chi connectivity index (χ4n) is 8.88. The molecule has 6 fully saturated rings. The van der Waals surface area contributed by atoms with Crippen LogP contribution >= 0.6 is 11.3 Å². The summed E-state index contributed by atoms with van der Waals surface area (Å²) in [5.74, 6) is 2.29. The predicted octanol–water partition coefficient (Wildman–Crippen LogP) is 7.40. The number of anilines is 1. The highest BCUT2D eigenvalue weighted by Crippen LogP contribution is 2.58. The van der Waals surface area contributed by atoms with Gasteiger partial charge in [-0.1, -0.05) is 12.1 Å². The number of likely N-dealkylation sites (tertiary alicyclic amines) is 1. The van der Waals surface area contributed by atoms with Crippen LogP contribution in [0.4, 0.5) is 10.6 Å². The number of aliphatic hydroxyl groups excluding tert-OH is 1. The number of hydrogen-bond donors (Lipinski definition) is 1. The Labute approximate surface area is 293 Å². The number of rotatable bonds is 9. The normalized spacial score (nSPS) is 28.2. The molecule has 0 radical (unpaired) electrons. The molecule has 0 atom stereocenters. The molecule has 2 bridgehead atoms. The Kier molecular flexibility index (Phi) is 8.67. The van der Waals surface area contributed by atoms with Gasteiger partial charge in [-0.15, -0.1) is 11.3 Å². The van der Waals surface area contributed by atoms with Crippen LogP contribution in [0.1, 0.15) is 99.1 Å². The van der Waals surface area contributed by atoms with Crippen molar-refractivity contribution in [1.82, 2.24) is 14.9 Å². The second-order valence-electron chi connectivity index (χ2n) is 15.5. The summed E-state index contributed by atoms with van der Waals surface area (Å²) in [6, 6.07) is 10.9. The molecule has 0 unspecified atom stereocenters. The lowest BCUT2D eigenvalue weighted by molar-refractivity contribution is -0.124. The van der Waals surface area contributed by atoms with Gasteiger partial charge in [-0.25, -0.2) is 14.8 Å². The molecule has 3 heterocycles. The number of pyridine rings is 1. The van der Waals surface area contributed by atoms with E-state index in [9.17, 15) is 14.7 Å². The summed E-state index contributed by atoms with van der Waals surface area (Å²) in [4.78, 5) is 41.4. The van der Waals surface area contributed by atoms with Gasteiger partial charge in [0.2, 0.25) is 5.91 Å². The Bertz CT molecular complexity index is 1680. The molecule has 1 saturated heterocycles. The zero-order valence-electron chi connectivity index (χ0n) is 28.7. The zero-order valence-corrected chi connectivity index (χ0v) is 29.6. The third kappa shape index (κ3) is 6.47. The molecule has 5 saturated carbocycles. The quantitative estimate of drug-likeness (QED) is 0.251. The van der Waals surface area contributed by atoms with Crippen LogP contribution in [0, 0.1) is 18.3 Å². The van der Waals surface area contributed by atoms with Crippen LogP contribution in [0.3, 0.4) is 0 Å². The number of fused-ring (bicyclic) bond motifs is 3. The highest BCUT2D eigenvalue weighted by molar-refractivity contribution is 7.15. The standard InChI is InChI=1S/C39H48N4O5S/c1-25-19-29(7-10-32(25)47-2)39-15-12-38(13-16-39,14-17-39)24-43(34-20-28(11-18-40-34)33-21-41-35(49-33)26-3-4-26)36(45)27-5-8-31(9-6-27)48-37(46)42-22-30(44)23-42/h7,10-11,18-21,26-27,30-31,44H,3-6,8-9,12-17,22-24H2,1-2H3. The Morgan fingerprint density at radius 2 is 1.71 bits per heavy atom. The third-order valence-electron chi connectivity index (χ3n) is 12.3. The Balaban J connectivity index is 1.01. The lowest BCUT2D eigenvalue weighted by Crippen LogP contribution is -2.54. The lowest BCUT2D eigenvalue weighted by atomic mass is 9.51. The van der Waals surface area contributed by atoms with Crippen LogP contribution in [-0.2, 0) is 14.9 Å². The molecular formula is C39H48N4O5S. The van der Waals surface area contributed by atoms with E-state index in [1.807, 2.05) is 23.4 Å². The predicted molar refractivity (Wildman–Crippen MR) is 189 cm³/mol. The lowest BCUT2D eigenvalue weighted by Gasteiger charge is -2.55. The van der Waals surface area contributed by atoms with Gasteiger partial charge in [0.15, 0.2) is 0 Å². The van der Waals surface area contributed by atoms with E-state index in [-0.39, 0.29) is 34.9 Å². The van der Waals surface area contributed by atoms with E-state index < -0.39 is 6.10 Å². The van der Waals surface area contributed by atoms with Crippen molar-refractivity contribution in [2.75, 3.05) is 31.6 Å². The van der Waals surface area contributed by atoms with Crippen molar-refractivity contribution in [3.63, 3.8) is 0 Å². The van der Waals surface area contributed by atoms with Gasteiger partial charge in [0.1, 0.15) is 17.7 Å². The summed E-state index contributed by atoms with van der Waals surface area (Å²) in [7, 11) is 1.73. The molecule has 2 amide bonds. The van der Waals surface area contributed by atoms with Gasteiger partial charge in [-0.2, -0.15) is 0 Å². The van der Waals surface area contributed by atoms with E-state index in [2.05, 4.69) is 31.2 Å². The number of aryl methyl sites for hydroxylation is 1. The smallest absolute Gasteiger partial charge is 0.410 e. The van der Waals surface area contributed by atoms with Crippen molar-refractivity contribution in [2.45, 2.75) is 108 Å². The molecule has 49 heavy (non-hydrogen) atoms. The average molecular weight is 685 g/mol. The van der Waals surface area contributed by atoms with E-state index in [1.54, 1.807) is 18.4 Å². The van der Waals surface area contributed by atoms with Gasteiger partial charge in [0, 0.05) is 30.8 Å². The Hall–Kier alpha value is -3.50. The molecule has 1 N–H and O–H groups in total. The summed E-state index contributed by atoms with van der Waals surface area (Å²) in [5.41, 5.74) is 3.95. The number of ether oxygens (including phenoxy) is 2. The summed E-state index contributed by atoms with van der Waals surface area (Å²) in [5, 5.41) is 10.8. The molecule has 5 aliphatic carbocycles. The summed E-state index contributed by atoms with van der Waals surface area (Å²) in [6.07, 6.45) is 14.6. The van der Waals surface area contributed by atoms with Crippen molar-refractivity contribution in [3.05, 3.63) is 58.9 Å². The molecule has 3 aromatic rings. The number of thiazole rings is 1. The first-order valence-electron chi connectivity index (χ1n) is 18.3. The van der Waals surface area contributed by atoms with Crippen LogP contribution in [0.2, 0.25) is 0 Å². The van der Waals surface area contributed by atoms with Crippen LogP contribution in [0.15, 0.2) is 42.7 Å². The SMILES string of the molecule is COc1ccc(C23CCC(CN(C(=O)C4CCC(OC(=O)N5CC(O)C5)CC4)c4cc(-c5cnc(C6CC6)s5)ccn4)(CC2)CC3)cc1C. The number of aromatic nitrogens is 2. The minimum Gasteiger partial charge on any atom is -0.496 e. The van der Waals surface area contributed by atoms with Gasteiger partial charge in [0.05, 0.1) is 36.2 Å². The van der Waals surface area contributed by atoms with Crippen LogP contribution in [0.5, 0.6) is 5.75 Å². The molecule has 6 aliphatic rings. The summed E-state index contributed by atoms with van der Waals surface area (Å²) in [6.45, 7) is 3.48. The van der Waals surface area contributed by atoms with E-state index in [0.717, 1.165) is 60.5 Å². The molecule has 10 heteroatoms. The maximum atomic E-state index is 14.6. The fourth-order valence-corrected chi connectivity index (χ4v) is 9.96. The second kappa shape index (κ2) is 13.0. The molecule has 0 spiro atoms. The van der Waals surface area contributed by atoms with Crippen LogP contribution in [0.25, 0.3) is 10.4 Å². The molecule has 1 aromatic carbocycles. The topological polar surface area (TPSA) is 105 Å². The number of carbonyl (C=O) groups excluding carboxylic acids is 2. The second-order valence-corrected chi connectivity index (χ2v) is 16.6. The maximum absolute atomic E-state index is 14.6. The largest absolute Gasteiger partial charge is 0.496 e. The number of amides is 2. The monoisotopic (exact) mass is 684 g/mol. The van der Waals surface area contributed by atoms with Crippen molar-refractivity contribution < 1.29 is 24.2 Å². The minimum absolute atomic E-state index is 0.0642. The van der Waals surface area contributed by atoms with Gasteiger partial charge in [-0.05, 0) is 130 Å². The fraction of sp³-hybridized carbons (Fsp3) is 0.590. The molecule has 2 aromatic heterocycles. The van der Waals surface area contributed by atoms with Gasteiger partial charge >= 0.3 is 6.09 Å². The summed E-state index contributed by atoms with van der Waals surface area (Å²) < 4.78 is 11.3. The van der Waals surface area contributed by atoms with Gasteiger partial charge in [0.25, 0.3) is 0 Å². The number of hydrogen-bond acceptors (Lipinski definition) is 8. The molecule has 260 valence electrons. The van der Waals surface area contributed by atoms with Crippen molar-refractivity contribution in [3.8, 4) is 16.2 Å². The first-order valence-corrected chi connectivity index (χ1v) is 19.1. The van der Waals surface area contributed by atoms with Crippen molar-refractivity contribution >= 4 is 29.2 Å². The van der Waals surface area contributed by atoms with Crippen LogP contribution in [-0.4, -0.2) is 70.9 Å². The zero-order chi connectivity index (χ0) is 33.8. The van der Waals surface area contributed by atoms with E-state index in [0.29, 0.717) is 51.2 Å². The average Bonchev–Trinajstić information content (AvgIpc) is 3.85. The Morgan fingerprint density at radius 3 is 2.37 bits per heavy atom. The number of β-amino-alcohol motifs (C(OH)–C–C–N with tert-alkyl or cyclic N) is 1. The van der Waals surface area contributed by atoms with Gasteiger partial charge in [-0.3, -0.25) is 9.69 Å². The van der Waals surface area contributed by atoms with Crippen molar-refractivity contribution in [1.29, 1.82) is 0 Å². The van der Waals surface area contributed by atoms with Crippen LogP contribution < -0.4 is 9.64 Å². The molecular weight excluding hydrogens is 637 g/mol. The highest BCUT2D eigenvalue weighted by atomic mass is 32.1. The van der Waals surface area contributed by atoms with E-state index in [1.165, 1.54) is 33.9 Å². The highest BCUT2D eigenvalue weighted by Gasteiger charge is 2.51. The first-order chi connectivity index (χ1) is 23.7. The Morgan fingerprint density at radius 1 is 0.980 bits per heavy atom. The number of aliphatic hydroxyl groups is 1. The number of methoxy groups -OCH3 is 1. The third-order valence-corrected chi connectivity index (χ3v) is 13.5. The first kappa shape index (κ1) is 32.7. The van der Waals surface area contributed by atoms with Gasteiger partial charge < -0.3 is 19.5 Å². The summed E-state index contributed by atoms with van der Waals surface area (Å²) >= 11 is 1.76. The minimum atomic E-state index is -0.453. The van der Waals surface area contributed by atoms with E-state index >= 15 is 0 Å². The van der Waals surface area contributed by atoms with E-state index in [4.69, 9.17) is 19.4 Å². The molecule has 9 nitrogen and oxygen atoms in total. The van der Waals surface area contributed by atoms with Crippen molar-refractivity contribution in [2.24, 2.45) is 11.3 Å². The maximum Gasteiger partial charge on any atom is 0.410 e. The number of nitrogens with zero attached hydrogens (tertiary/aromatic N) is 4.